The Balaban J connectivity index is 2.04. The van der Waals surface area contributed by atoms with Crippen LogP contribution >= 0.6 is 11.6 Å². The van der Waals surface area contributed by atoms with Crippen molar-refractivity contribution in [3.63, 3.8) is 0 Å². The maximum absolute atomic E-state index is 9.50. The van der Waals surface area contributed by atoms with Gasteiger partial charge in [-0.2, -0.15) is 0 Å². The second-order valence-electron chi connectivity index (χ2n) is 4.95. The number of halogens is 1. The van der Waals surface area contributed by atoms with Crippen molar-refractivity contribution in [3.05, 3.63) is 28.8 Å². The number of hydrogen-bond acceptors (Lipinski definition) is 3. The van der Waals surface area contributed by atoms with E-state index in [1.54, 1.807) is 18.2 Å². The molecule has 1 aromatic carbocycles. The molecule has 1 atom stereocenters. The minimum absolute atomic E-state index is 0.0393. The van der Waals surface area contributed by atoms with Crippen molar-refractivity contribution < 1.29 is 10.2 Å². The molecule has 0 amide bonds. The number of phenolic OH excluding ortho intramolecular Hbond substituents is 1. The summed E-state index contributed by atoms with van der Waals surface area (Å²) in [6.45, 7) is 0.0393. The Morgan fingerprint density at radius 2 is 2.00 bits per heavy atom. The summed E-state index contributed by atoms with van der Waals surface area (Å²) in [5, 5.41) is 22.7. The van der Waals surface area contributed by atoms with Gasteiger partial charge in [0.2, 0.25) is 0 Å². The van der Waals surface area contributed by atoms with E-state index in [0.29, 0.717) is 11.1 Å². The number of benzene rings is 1. The fourth-order valence-electron chi connectivity index (χ4n) is 2.55. The van der Waals surface area contributed by atoms with Crippen LogP contribution in [0.5, 0.6) is 5.75 Å². The maximum Gasteiger partial charge on any atom is 0.134 e. The average molecular weight is 270 g/mol. The van der Waals surface area contributed by atoms with Crippen LogP contribution in [0.2, 0.25) is 5.02 Å². The Labute approximate surface area is 113 Å². The molecule has 1 aliphatic carbocycles. The van der Waals surface area contributed by atoms with Gasteiger partial charge in [0, 0.05) is 6.04 Å². The topological polar surface area (TPSA) is 52.5 Å². The van der Waals surface area contributed by atoms with Crippen molar-refractivity contribution in [1.29, 1.82) is 0 Å². The molecular weight excluding hydrogens is 250 g/mol. The van der Waals surface area contributed by atoms with Crippen molar-refractivity contribution in [1.82, 2.24) is 5.32 Å². The number of aliphatic hydroxyl groups excluding tert-OH is 1. The molecule has 0 aromatic heterocycles. The van der Waals surface area contributed by atoms with Gasteiger partial charge in [-0.05, 0) is 30.5 Å². The van der Waals surface area contributed by atoms with Gasteiger partial charge in [0.05, 0.1) is 17.7 Å². The van der Waals surface area contributed by atoms with E-state index in [1.807, 2.05) is 0 Å². The zero-order chi connectivity index (χ0) is 13.0. The van der Waals surface area contributed by atoms with Crippen molar-refractivity contribution in [3.8, 4) is 5.75 Å². The van der Waals surface area contributed by atoms with Crippen LogP contribution in [0.3, 0.4) is 0 Å². The van der Waals surface area contributed by atoms with Crippen molar-refractivity contribution in [2.45, 2.75) is 44.2 Å². The molecule has 0 spiro atoms. The van der Waals surface area contributed by atoms with E-state index in [9.17, 15) is 10.2 Å². The highest BCUT2D eigenvalue weighted by molar-refractivity contribution is 6.32. The van der Waals surface area contributed by atoms with Crippen LogP contribution in [0, 0.1) is 0 Å². The first-order chi connectivity index (χ1) is 8.70. The minimum Gasteiger partial charge on any atom is -0.506 e. The second-order valence-corrected chi connectivity index (χ2v) is 5.35. The molecule has 0 saturated heterocycles. The highest BCUT2D eigenvalue weighted by Gasteiger charge is 2.19. The molecule has 100 valence electrons. The lowest BCUT2D eigenvalue weighted by Crippen LogP contribution is -2.36. The Morgan fingerprint density at radius 3 is 2.61 bits per heavy atom. The highest BCUT2D eigenvalue weighted by Crippen LogP contribution is 2.28. The van der Waals surface area contributed by atoms with Crippen LogP contribution in [-0.4, -0.2) is 22.9 Å². The molecule has 0 radical (unpaired) electrons. The van der Waals surface area contributed by atoms with E-state index < -0.39 is 0 Å². The molecule has 0 heterocycles. The Hall–Kier alpha value is -0.770. The summed E-state index contributed by atoms with van der Waals surface area (Å²) in [6.07, 6.45) is 6.16. The van der Waals surface area contributed by atoms with Crippen molar-refractivity contribution in [2.24, 2.45) is 0 Å². The van der Waals surface area contributed by atoms with Gasteiger partial charge in [0.15, 0.2) is 0 Å². The monoisotopic (exact) mass is 269 g/mol. The first-order valence-electron chi connectivity index (χ1n) is 6.56. The fraction of sp³-hybridized carbons (Fsp3) is 0.571. The molecule has 0 aliphatic heterocycles. The van der Waals surface area contributed by atoms with Gasteiger partial charge in [-0.15, -0.1) is 0 Å². The van der Waals surface area contributed by atoms with Gasteiger partial charge in [0.1, 0.15) is 5.75 Å². The lowest BCUT2D eigenvalue weighted by atomic mass is 9.94. The summed E-state index contributed by atoms with van der Waals surface area (Å²) in [6, 6.07) is 5.46. The lowest BCUT2D eigenvalue weighted by molar-refractivity contribution is 0.220. The molecule has 1 aliphatic rings. The summed E-state index contributed by atoms with van der Waals surface area (Å²) in [7, 11) is 0. The molecule has 4 heteroatoms. The van der Waals surface area contributed by atoms with E-state index in [4.69, 9.17) is 11.6 Å². The normalized spacial score (nSPS) is 18.8. The number of nitrogens with one attached hydrogen (secondary N) is 1. The summed E-state index contributed by atoms with van der Waals surface area (Å²) >= 11 is 5.90. The smallest absolute Gasteiger partial charge is 0.134 e. The quantitative estimate of drug-likeness (QED) is 0.788. The largest absolute Gasteiger partial charge is 0.506 e. The Kier molecular flexibility index (Phi) is 4.87. The molecule has 2 rings (SSSR count). The van der Waals surface area contributed by atoms with Crippen LogP contribution in [0.25, 0.3) is 0 Å². The zero-order valence-corrected chi connectivity index (χ0v) is 11.2. The number of aromatic hydroxyl groups is 1. The van der Waals surface area contributed by atoms with Gasteiger partial charge >= 0.3 is 0 Å². The third-order valence-corrected chi connectivity index (χ3v) is 3.90. The molecule has 0 bridgehead atoms. The Bertz CT molecular complexity index is 391. The molecule has 1 saturated carbocycles. The average Bonchev–Trinajstić information content (AvgIpc) is 2.40. The first kappa shape index (κ1) is 13.7. The van der Waals surface area contributed by atoms with Crippen LogP contribution in [0.1, 0.15) is 43.7 Å². The Morgan fingerprint density at radius 1 is 1.28 bits per heavy atom. The molecule has 3 nitrogen and oxygen atoms in total. The standard InChI is InChI=1S/C14H20ClNO2/c15-12-8-10(6-7-14(12)18)13(9-17)16-11-4-2-1-3-5-11/h6-8,11,13,16-18H,1-5,9H2. The lowest BCUT2D eigenvalue weighted by Gasteiger charge is -2.28. The van der Waals surface area contributed by atoms with Gasteiger partial charge in [0.25, 0.3) is 0 Å². The van der Waals surface area contributed by atoms with E-state index in [2.05, 4.69) is 5.32 Å². The number of hydrogen-bond donors (Lipinski definition) is 3. The molecule has 1 fully saturated rings. The zero-order valence-electron chi connectivity index (χ0n) is 10.4. The van der Waals surface area contributed by atoms with Crippen molar-refractivity contribution in [2.75, 3.05) is 6.61 Å². The highest BCUT2D eigenvalue weighted by atomic mass is 35.5. The van der Waals surface area contributed by atoms with Crippen molar-refractivity contribution >= 4 is 11.6 Å². The molecule has 1 aromatic rings. The van der Waals surface area contributed by atoms with Gasteiger partial charge < -0.3 is 15.5 Å². The molecular formula is C14H20ClNO2. The summed E-state index contributed by atoms with van der Waals surface area (Å²) in [5.74, 6) is 0.0785. The molecule has 3 N–H and O–H groups in total. The van der Waals surface area contributed by atoms with E-state index in [1.165, 1.54) is 32.1 Å². The number of rotatable bonds is 4. The molecule has 18 heavy (non-hydrogen) atoms. The first-order valence-corrected chi connectivity index (χ1v) is 6.94. The van der Waals surface area contributed by atoms with Crippen LogP contribution < -0.4 is 5.32 Å². The summed E-state index contributed by atoms with van der Waals surface area (Å²) < 4.78 is 0. The fourth-order valence-corrected chi connectivity index (χ4v) is 2.74. The summed E-state index contributed by atoms with van der Waals surface area (Å²) in [5.41, 5.74) is 0.922. The van der Waals surface area contributed by atoms with E-state index in [0.717, 1.165) is 5.56 Å². The van der Waals surface area contributed by atoms with E-state index >= 15 is 0 Å². The SMILES string of the molecule is OCC(NC1CCCCC1)c1ccc(O)c(Cl)c1. The second kappa shape index (κ2) is 6.41. The van der Waals surface area contributed by atoms with Gasteiger partial charge in [-0.25, -0.2) is 0 Å². The third kappa shape index (κ3) is 3.37. The predicted molar refractivity (Wildman–Crippen MR) is 73.0 cm³/mol. The van der Waals surface area contributed by atoms with Gasteiger partial charge in [-0.3, -0.25) is 0 Å². The summed E-state index contributed by atoms with van der Waals surface area (Å²) in [4.78, 5) is 0. The van der Waals surface area contributed by atoms with Crippen LogP contribution in [0.4, 0.5) is 0 Å². The minimum atomic E-state index is -0.105. The number of aliphatic hydroxyl groups is 1. The predicted octanol–water partition coefficient (Wildman–Crippen LogP) is 3.00. The number of phenols is 1. The van der Waals surface area contributed by atoms with Crippen LogP contribution in [0.15, 0.2) is 18.2 Å². The van der Waals surface area contributed by atoms with E-state index in [-0.39, 0.29) is 18.4 Å². The van der Waals surface area contributed by atoms with Crippen LogP contribution in [-0.2, 0) is 0 Å². The van der Waals surface area contributed by atoms with Gasteiger partial charge in [-0.1, -0.05) is 36.9 Å². The maximum atomic E-state index is 9.50. The molecule has 1 unspecified atom stereocenters. The third-order valence-electron chi connectivity index (χ3n) is 3.60.